The van der Waals surface area contributed by atoms with E-state index in [-0.39, 0.29) is 0 Å². The highest BCUT2D eigenvalue weighted by Gasteiger charge is 2.07. The van der Waals surface area contributed by atoms with Crippen molar-refractivity contribution in [1.82, 2.24) is 0 Å². The molecule has 3 rings (SSSR count). The normalized spacial score (nSPS) is 10.9. The molecule has 2 heteroatoms. The standard InChI is InChI=1S/C23H22NO/c1-2-22-17-24(16-20-6-4-3-5-7-20)15-14-23(22)13-12-19-8-10-21(18-25)11-9-19/h3-15,17-18H,2,16H2,1H3/q+1. The highest BCUT2D eigenvalue weighted by atomic mass is 16.1. The van der Waals surface area contributed by atoms with E-state index in [0.717, 1.165) is 24.8 Å². The average Bonchev–Trinajstić information content (AvgIpc) is 2.68. The molecule has 0 bridgehead atoms. The van der Waals surface area contributed by atoms with Crippen LogP contribution in [-0.4, -0.2) is 6.29 Å². The zero-order valence-corrected chi connectivity index (χ0v) is 14.4. The molecule has 25 heavy (non-hydrogen) atoms. The van der Waals surface area contributed by atoms with E-state index in [1.807, 2.05) is 30.3 Å². The Hall–Kier alpha value is -3.00. The van der Waals surface area contributed by atoms with Gasteiger partial charge in [0.25, 0.3) is 0 Å². The van der Waals surface area contributed by atoms with Crippen molar-refractivity contribution in [1.29, 1.82) is 0 Å². The number of hydrogen-bond donors (Lipinski definition) is 0. The minimum absolute atomic E-state index is 0.702. The van der Waals surface area contributed by atoms with Gasteiger partial charge in [-0.15, -0.1) is 0 Å². The molecule has 0 unspecified atom stereocenters. The second kappa shape index (κ2) is 8.20. The molecule has 0 saturated carbocycles. The summed E-state index contributed by atoms with van der Waals surface area (Å²) in [5.41, 5.74) is 5.64. The first-order chi connectivity index (χ1) is 12.3. The molecule has 1 aromatic heterocycles. The minimum Gasteiger partial charge on any atom is -0.298 e. The van der Waals surface area contributed by atoms with Crippen LogP contribution in [0.2, 0.25) is 0 Å². The van der Waals surface area contributed by atoms with Crippen molar-refractivity contribution in [3.63, 3.8) is 0 Å². The lowest BCUT2D eigenvalue weighted by atomic mass is 10.1. The summed E-state index contributed by atoms with van der Waals surface area (Å²) < 4.78 is 2.23. The van der Waals surface area contributed by atoms with Gasteiger partial charge in [0.2, 0.25) is 0 Å². The van der Waals surface area contributed by atoms with Gasteiger partial charge in [0, 0.05) is 22.8 Å². The van der Waals surface area contributed by atoms with E-state index in [2.05, 4.69) is 66.4 Å². The molecule has 0 atom stereocenters. The molecule has 0 aliphatic heterocycles. The third-order valence-electron chi connectivity index (χ3n) is 4.25. The molecule has 0 N–H and O–H groups in total. The van der Waals surface area contributed by atoms with Gasteiger partial charge in [-0.25, -0.2) is 4.57 Å². The molecule has 2 nitrogen and oxygen atoms in total. The molecule has 2 aromatic carbocycles. The van der Waals surface area contributed by atoms with Crippen molar-refractivity contribution in [2.75, 3.05) is 0 Å². The van der Waals surface area contributed by atoms with Crippen molar-refractivity contribution < 1.29 is 9.36 Å². The number of carbonyl (C=O) groups is 1. The summed E-state index contributed by atoms with van der Waals surface area (Å²) in [7, 11) is 0. The summed E-state index contributed by atoms with van der Waals surface area (Å²) in [4.78, 5) is 10.7. The third kappa shape index (κ3) is 4.51. The highest BCUT2D eigenvalue weighted by molar-refractivity contribution is 5.77. The van der Waals surface area contributed by atoms with Gasteiger partial charge >= 0.3 is 0 Å². The number of nitrogens with zero attached hydrogens (tertiary/aromatic N) is 1. The first kappa shape index (κ1) is 16.8. The number of aromatic nitrogens is 1. The quantitative estimate of drug-likeness (QED) is 0.480. The summed E-state index contributed by atoms with van der Waals surface area (Å²) >= 11 is 0. The Morgan fingerprint density at radius 2 is 1.60 bits per heavy atom. The van der Waals surface area contributed by atoms with Gasteiger partial charge in [-0.05, 0) is 17.5 Å². The van der Waals surface area contributed by atoms with Crippen LogP contribution >= 0.6 is 0 Å². The molecule has 124 valence electrons. The molecule has 0 saturated heterocycles. The predicted octanol–water partition coefficient (Wildman–Crippen LogP) is 4.57. The van der Waals surface area contributed by atoms with Crippen LogP contribution in [0.3, 0.4) is 0 Å². The average molecular weight is 328 g/mol. The molecule has 0 aliphatic rings. The largest absolute Gasteiger partial charge is 0.298 e. The molecule has 0 radical (unpaired) electrons. The van der Waals surface area contributed by atoms with Gasteiger partial charge in [0.15, 0.2) is 18.9 Å². The molecule has 0 amide bonds. The number of hydrogen-bond acceptors (Lipinski definition) is 1. The molecule has 0 aliphatic carbocycles. The fourth-order valence-corrected chi connectivity index (χ4v) is 2.82. The Labute approximate surface area is 149 Å². The molecule has 1 heterocycles. The Morgan fingerprint density at radius 1 is 0.880 bits per heavy atom. The maximum absolute atomic E-state index is 10.7. The number of aldehydes is 1. The van der Waals surface area contributed by atoms with Gasteiger partial charge in [0.1, 0.15) is 6.29 Å². The van der Waals surface area contributed by atoms with Gasteiger partial charge in [0.05, 0.1) is 0 Å². The zero-order valence-electron chi connectivity index (χ0n) is 14.4. The molecule has 0 fully saturated rings. The van der Waals surface area contributed by atoms with Crippen molar-refractivity contribution in [3.8, 4) is 0 Å². The summed E-state index contributed by atoms with van der Waals surface area (Å²) in [6.45, 7) is 3.06. The summed E-state index contributed by atoms with van der Waals surface area (Å²) in [6.07, 6.45) is 10.4. The number of benzene rings is 2. The van der Waals surface area contributed by atoms with Gasteiger partial charge in [-0.3, -0.25) is 4.79 Å². The van der Waals surface area contributed by atoms with Crippen LogP contribution in [-0.2, 0) is 13.0 Å². The van der Waals surface area contributed by atoms with Crippen LogP contribution in [0.4, 0.5) is 0 Å². The predicted molar refractivity (Wildman–Crippen MR) is 102 cm³/mol. The lowest BCUT2D eigenvalue weighted by Gasteiger charge is -2.04. The smallest absolute Gasteiger partial charge is 0.173 e. The first-order valence-electron chi connectivity index (χ1n) is 8.57. The summed E-state index contributed by atoms with van der Waals surface area (Å²) in [5, 5.41) is 0. The highest BCUT2D eigenvalue weighted by Crippen LogP contribution is 2.13. The topological polar surface area (TPSA) is 20.9 Å². The van der Waals surface area contributed by atoms with E-state index in [9.17, 15) is 4.79 Å². The number of rotatable bonds is 6. The fraction of sp³-hybridized carbons (Fsp3) is 0.130. The minimum atomic E-state index is 0.702. The number of pyridine rings is 1. The van der Waals surface area contributed by atoms with Crippen LogP contribution < -0.4 is 4.57 Å². The molecule has 3 aromatic rings. The van der Waals surface area contributed by atoms with Crippen molar-refractivity contribution in [3.05, 3.63) is 101 Å². The maximum atomic E-state index is 10.7. The van der Waals surface area contributed by atoms with Crippen molar-refractivity contribution in [2.24, 2.45) is 0 Å². The Bertz CT molecular complexity index is 864. The molecular formula is C23H22NO+. The van der Waals surface area contributed by atoms with E-state index in [4.69, 9.17) is 0 Å². The fourth-order valence-electron chi connectivity index (χ4n) is 2.82. The second-order valence-corrected chi connectivity index (χ2v) is 6.05. The van der Waals surface area contributed by atoms with E-state index in [0.29, 0.717) is 5.56 Å². The zero-order chi connectivity index (χ0) is 17.5. The van der Waals surface area contributed by atoms with Crippen LogP contribution in [0, 0.1) is 0 Å². The van der Waals surface area contributed by atoms with E-state index >= 15 is 0 Å². The lowest BCUT2D eigenvalue weighted by Crippen LogP contribution is -2.34. The molecule has 0 spiro atoms. The first-order valence-corrected chi connectivity index (χ1v) is 8.57. The van der Waals surface area contributed by atoms with Gasteiger partial charge in [-0.1, -0.05) is 73.7 Å². The van der Waals surface area contributed by atoms with Gasteiger partial charge in [-0.2, -0.15) is 0 Å². The van der Waals surface area contributed by atoms with Crippen LogP contribution in [0.15, 0.2) is 73.1 Å². The van der Waals surface area contributed by atoms with Crippen LogP contribution in [0.1, 0.15) is 39.5 Å². The van der Waals surface area contributed by atoms with E-state index in [1.54, 1.807) is 0 Å². The van der Waals surface area contributed by atoms with Crippen molar-refractivity contribution in [2.45, 2.75) is 19.9 Å². The number of carbonyl (C=O) groups excluding carboxylic acids is 1. The lowest BCUT2D eigenvalue weighted by molar-refractivity contribution is -0.688. The Morgan fingerprint density at radius 3 is 2.28 bits per heavy atom. The monoisotopic (exact) mass is 328 g/mol. The molecular weight excluding hydrogens is 306 g/mol. The van der Waals surface area contributed by atoms with Crippen LogP contribution in [0.5, 0.6) is 0 Å². The van der Waals surface area contributed by atoms with E-state index < -0.39 is 0 Å². The Balaban J connectivity index is 1.79. The SMILES string of the molecule is CCc1c[n+](Cc2ccccc2)ccc1C=Cc1ccc(C=O)cc1. The summed E-state index contributed by atoms with van der Waals surface area (Å²) in [5.74, 6) is 0. The second-order valence-electron chi connectivity index (χ2n) is 6.05. The Kier molecular flexibility index (Phi) is 5.53. The van der Waals surface area contributed by atoms with Crippen LogP contribution in [0.25, 0.3) is 12.2 Å². The van der Waals surface area contributed by atoms with Crippen molar-refractivity contribution >= 4 is 18.4 Å². The number of aryl methyl sites for hydroxylation is 1. The third-order valence-corrected chi connectivity index (χ3v) is 4.25. The van der Waals surface area contributed by atoms with Gasteiger partial charge < -0.3 is 0 Å². The van der Waals surface area contributed by atoms with E-state index in [1.165, 1.54) is 16.7 Å². The maximum Gasteiger partial charge on any atom is 0.173 e. The summed E-state index contributed by atoms with van der Waals surface area (Å²) in [6, 6.07) is 20.3.